The van der Waals surface area contributed by atoms with Crippen molar-refractivity contribution in [3.63, 3.8) is 0 Å². The fourth-order valence-electron chi connectivity index (χ4n) is 2.08. The molecule has 1 aromatic heterocycles. The molecule has 0 radical (unpaired) electrons. The lowest BCUT2D eigenvalue weighted by molar-refractivity contribution is 0.405. The van der Waals surface area contributed by atoms with E-state index in [1.807, 2.05) is 39.2 Å². The van der Waals surface area contributed by atoms with Crippen molar-refractivity contribution < 1.29 is 0 Å². The Labute approximate surface area is 119 Å². The summed E-state index contributed by atoms with van der Waals surface area (Å²) in [5.41, 5.74) is 3.10. The Morgan fingerprint density at radius 1 is 1.30 bits per heavy atom. The van der Waals surface area contributed by atoms with Crippen LogP contribution in [0.3, 0.4) is 0 Å². The fourth-order valence-corrected chi connectivity index (χ4v) is 2.08. The SMILES string of the molecule is Cc1ccc2nnc(C#N)c(NCCCN(C)C)c2c1. The van der Waals surface area contributed by atoms with Crippen LogP contribution in [-0.2, 0) is 0 Å². The second kappa shape index (κ2) is 6.31. The Morgan fingerprint density at radius 2 is 2.10 bits per heavy atom. The van der Waals surface area contributed by atoms with Crippen LogP contribution in [0.15, 0.2) is 18.2 Å². The predicted octanol–water partition coefficient (Wildman–Crippen LogP) is 2.17. The maximum atomic E-state index is 9.19. The van der Waals surface area contributed by atoms with Crippen molar-refractivity contribution in [2.75, 3.05) is 32.5 Å². The number of benzene rings is 1. The zero-order valence-corrected chi connectivity index (χ0v) is 12.1. The molecule has 0 bridgehead atoms. The highest BCUT2D eigenvalue weighted by molar-refractivity contribution is 5.93. The second-order valence-corrected chi connectivity index (χ2v) is 5.14. The molecule has 0 aliphatic rings. The maximum absolute atomic E-state index is 9.19. The molecule has 1 aromatic carbocycles. The van der Waals surface area contributed by atoms with Crippen molar-refractivity contribution in [3.8, 4) is 6.07 Å². The van der Waals surface area contributed by atoms with E-state index in [4.69, 9.17) is 0 Å². The number of hydrogen-bond donors (Lipinski definition) is 1. The number of aromatic nitrogens is 2. The number of anilines is 1. The van der Waals surface area contributed by atoms with Crippen molar-refractivity contribution >= 4 is 16.6 Å². The average molecular weight is 269 g/mol. The minimum absolute atomic E-state index is 0.355. The molecule has 2 aromatic rings. The molecular formula is C15H19N5. The first-order chi connectivity index (χ1) is 9.61. The van der Waals surface area contributed by atoms with Gasteiger partial charge in [0.1, 0.15) is 6.07 Å². The first-order valence-electron chi connectivity index (χ1n) is 6.67. The Hall–Kier alpha value is -2.19. The molecular weight excluding hydrogens is 250 g/mol. The summed E-state index contributed by atoms with van der Waals surface area (Å²) in [5.74, 6) is 0. The monoisotopic (exact) mass is 269 g/mol. The van der Waals surface area contributed by atoms with Crippen LogP contribution in [0.4, 0.5) is 5.69 Å². The van der Waals surface area contributed by atoms with E-state index in [0.29, 0.717) is 5.69 Å². The molecule has 0 fully saturated rings. The third kappa shape index (κ3) is 3.22. The Kier molecular flexibility index (Phi) is 4.49. The third-order valence-corrected chi connectivity index (χ3v) is 3.11. The van der Waals surface area contributed by atoms with Gasteiger partial charge in [0.25, 0.3) is 0 Å². The summed E-state index contributed by atoms with van der Waals surface area (Å²) in [4.78, 5) is 2.14. The van der Waals surface area contributed by atoms with Gasteiger partial charge in [-0.15, -0.1) is 10.2 Å². The molecule has 2 rings (SSSR count). The molecule has 0 saturated heterocycles. The molecule has 0 unspecified atom stereocenters. The van der Waals surface area contributed by atoms with Crippen LogP contribution in [0.2, 0.25) is 0 Å². The molecule has 20 heavy (non-hydrogen) atoms. The number of nitrogens with zero attached hydrogens (tertiary/aromatic N) is 4. The summed E-state index contributed by atoms with van der Waals surface area (Å²) in [6.07, 6.45) is 1.01. The van der Waals surface area contributed by atoms with E-state index < -0.39 is 0 Å². The van der Waals surface area contributed by atoms with Crippen LogP contribution in [0.1, 0.15) is 17.7 Å². The highest BCUT2D eigenvalue weighted by Gasteiger charge is 2.10. The van der Waals surface area contributed by atoms with Gasteiger partial charge in [-0.25, -0.2) is 0 Å². The quantitative estimate of drug-likeness (QED) is 0.843. The molecule has 0 amide bonds. The summed E-state index contributed by atoms with van der Waals surface area (Å²) in [7, 11) is 4.10. The first-order valence-corrected chi connectivity index (χ1v) is 6.67. The normalized spacial score (nSPS) is 10.8. The van der Waals surface area contributed by atoms with Crippen molar-refractivity contribution in [1.82, 2.24) is 15.1 Å². The Bertz CT molecular complexity index is 642. The molecule has 0 atom stereocenters. The van der Waals surface area contributed by atoms with Gasteiger partial charge in [0.15, 0.2) is 5.69 Å². The van der Waals surface area contributed by atoms with Crippen LogP contribution in [-0.4, -0.2) is 42.3 Å². The van der Waals surface area contributed by atoms with Crippen LogP contribution in [0.5, 0.6) is 0 Å². The van der Waals surface area contributed by atoms with Gasteiger partial charge in [-0.3, -0.25) is 0 Å². The minimum Gasteiger partial charge on any atom is -0.382 e. The third-order valence-electron chi connectivity index (χ3n) is 3.11. The number of nitriles is 1. The zero-order chi connectivity index (χ0) is 14.5. The van der Waals surface area contributed by atoms with Crippen LogP contribution >= 0.6 is 0 Å². The van der Waals surface area contributed by atoms with Crippen molar-refractivity contribution in [1.29, 1.82) is 5.26 Å². The molecule has 0 aliphatic carbocycles. The Balaban J connectivity index is 2.29. The van der Waals surface area contributed by atoms with Gasteiger partial charge >= 0.3 is 0 Å². The molecule has 0 saturated carbocycles. The second-order valence-electron chi connectivity index (χ2n) is 5.14. The average Bonchev–Trinajstić information content (AvgIpc) is 2.43. The fraction of sp³-hybridized carbons (Fsp3) is 0.400. The van der Waals surface area contributed by atoms with E-state index in [9.17, 15) is 5.26 Å². The summed E-state index contributed by atoms with van der Waals surface area (Å²) in [6.45, 7) is 3.84. The lowest BCUT2D eigenvalue weighted by atomic mass is 10.1. The first kappa shape index (κ1) is 14.2. The molecule has 0 aliphatic heterocycles. The lowest BCUT2D eigenvalue weighted by Crippen LogP contribution is -2.17. The van der Waals surface area contributed by atoms with Gasteiger partial charge in [0.2, 0.25) is 0 Å². The van der Waals surface area contributed by atoms with E-state index in [1.165, 1.54) is 0 Å². The zero-order valence-electron chi connectivity index (χ0n) is 12.1. The van der Waals surface area contributed by atoms with Crippen molar-refractivity contribution in [3.05, 3.63) is 29.5 Å². The highest BCUT2D eigenvalue weighted by Crippen LogP contribution is 2.24. The molecule has 104 valence electrons. The van der Waals surface area contributed by atoms with Crippen LogP contribution in [0, 0.1) is 18.3 Å². The number of aryl methyl sites for hydroxylation is 1. The van der Waals surface area contributed by atoms with Gasteiger partial charge in [0, 0.05) is 11.9 Å². The van der Waals surface area contributed by atoms with E-state index in [0.717, 1.165) is 41.7 Å². The molecule has 1 heterocycles. The standard InChI is InChI=1S/C15H19N5/c1-11-5-6-13-12(9-11)15(14(10-16)19-18-13)17-7-4-8-20(2)3/h5-6,9H,4,7-8H2,1-3H3,(H,17,18). The minimum atomic E-state index is 0.355. The Morgan fingerprint density at radius 3 is 2.80 bits per heavy atom. The van der Waals surface area contributed by atoms with E-state index in [1.54, 1.807) is 0 Å². The van der Waals surface area contributed by atoms with Crippen LogP contribution in [0.25, 0.3) is 10.9 Å². The highest BCUT2D eigenvalue weighted by atomic mass is 15.1. The summed E-state index contributed by atoms with van der Waals surface area (Å²) in [5, 5.41) is 21.6. The van der Waals surface area contributed by atoms with Gasteiger partial charge in [-0.2, -0.15) is 5.26 Å². The van der Waals surface area contributed by atoms with E-state index in [2.05, 4.69) is 26.5 Å². The maximum Gasteiger partial charge on any atom is 0.186 e. The summed E-state index contributed by atoms with van der Waals surface area (Å²) < 4.78 is 0. The number of nitrogens with one attached hydrogen (secondary N) is 1. The van der Waals surface area contributed by atoms with E-state index in [-0.39, 0.29) is 0 Å². The van der Waals surface area contributed by atoms with Gasteiger partial charge in [-0.05, 0) is 46.1 Å². The largest absolute Gasteiger partial charge is 0.382 e. The summed E-state index contributed by atoms with van der Waals surface area (Å²) >= 11 is 0. The predicted molar refractivity (Wildman–Crippen MR) is 80.7 cm³/mol. The van der Waals surface area contributed by atoms with Gasteiger partial charge in [-0.1, -0.05) is 11.6 Å². The number of rotatable bonds is 5. The van der Waals surface area contributed by atoms with Crippen LogP contribution < -0.4 is 5.32 Å². The van der Waals surface area contributed by atoms with Gasteiger partial charge < -0.3 is 10.2 Å². The molecule has 0 spiro atoms. The molecule has 5 nitrogen and oxygen atoms in total. The van der Waals surface area contributed by atoms with Gasteiger partial charge in [0.05, 0.1) is 11.2 Å². The topological polar surface area (TPSA) is 64.8 Å². The number of fused-ring (bicyclic) bond motifs is 1. The van der Waals surface area contributed by atoms with Crippen molar-refractivity contribution in [2.24, 2.45) is 0 Å². The molecule has 1 N–H and O–H groups in total. The lowest BCUT2D eigenvalue weighted by Gasteiger charge is -2.13. The summed E-state index contributed by atoms with van der Waals surface area (Å²) in [6, 6.07) is 8.08. The smallest absolute Gasteiger partial charge is 0.186 e. The van der Waals surface area contributed by atoms with E-state index >= 15 is 0 Å². The molecule has 5 heteroatoms. The van der Waals surface area contributed by atoms with Crippen molar-refractivity contribution in [2.45, 2.75) is 13.3 Å². The number of hydrogen-bond acceptors (Lipinski definition) is 5.